The number of benzene rings is 1. The van der Waals surface area contributed by atoms with Crippen LogP contribution in [0.25, 0.3) is 0 Å². The summed E-state index contributed by atoms with van der Waals surface area (Å²) in [5, 5.41) is 13.4. The van der Waals surface area contributed by atoms with Crippen molar-refractivity contribution in [1.82, 2.24) is 10.2 Å². The summed E-state index contributed by atoms with van der Waals surface area (Å²) in [4.78, 5) is 2.07. The van der Waals surface area contributed by atoms with Gasteiger partial charge in [0.05, 0.1) is 5.60 Å². The highest BCUT2D eigenvalue weighted by Gasteiger charge is 2.31. The fourth-order valence-electron chi connectivity index (χ4n) is 2.33. The van der Waals surface area contributed by atoms with Gasteiger partial charge in [-0.15, -0.1) is 0 Å². The third-order valence-corrected chi connectivity index (χ3v) is 3.15. The predicted molar refractivity (Wildman–Crippen MR) is 65.2 cm³/mol. The van der Waals surface area contributed by atoms with Gasteiger partial charge in [-0.25, -0.2) is 4.39 Å². The maximum Gasteiger partial charge on any atom is 0.123 e. The summed E-state index contributed by atoms with van der Waals surface area (Å²) < 4.78 is 12.8. The van der Waals surface area contributed by atoms with E-state index in [2.05, 4.69) is 10.2 Å². The molecule has 1 atom stereocenters. The second-order valence-electron chi connectivity index (χ2n) is 4.95. The first-order chi connectivity index (χ1) is 8.07. The summed E-state index contributed by atoms with van der Waals surface area (Å²) in [5.74, 6) is -0.213. The Morgan fingerprint density at radius 1 is 1.41 bits per heavy atom. The van der Waals surface area contributed by atoms with Crippen LogP contribution in [0.3, 0.4) is 0 Å². The average Bonchev–Trinajstić information content (AvgIpc) is 2.68. The molecule has 1 aliphatic heterocycles. The van der Waals surface area contributed by atoms with Gasteiger partial charge in [-0.05, 0) is 37.7 Å². The van der Waals surface area contributed by atoms with Crippen molar-refractivity contribution < 1.29 is 9.50 Å². The topological polar surface area (TPSA) is 35.5 Å². The zero-order chi connectivity index (χ0) is 12.3. The number of halogens is 1. The number of nitrogens with zero attached hydrogens (tertiary/aromatic N) is 1. The lowest BCUT2D eigenvalue weighted by Crippen LogP contribution is -2.42. The number of hydrogen-bond donors (Lipinski definition) is 2. The first-order valence-corrected chi connectivity index (χ1v) is 5.93. The second-order valence-corrected chi connectivity index (χ2v) is 4.95. The minimum absolute atomic E-state index is 0.213. The number of rotatable bonds is 4. The summed E-state index contributed by atoms with van der Waals surface area (Å²) in [6, 6.07) is 6.50. The van der Waals surface area contributed by atoms with Gasteiger partial charge in [0.1, 0.15) is 5.82 Å². The second kappa shape index (κ2) is 5.12. The van der Waals surface area contributed by atoms with E-state index < -0.39 is 5.60 Å². The van der Waals surface area contributed by atoms with Gasteiger partial charge in [-0.2, -0.15) is 0 Å². The van der Waals surface area contributed by atoms with Gasteiger partial charge in [0.2, 0.25) is 0 Å². The highest BCUT2D eigenvalue weighted by Crippen LogP contribution is 2.16. The molecule has 1 aromatic rings. The molecule has 2 N–H and O–H groups in total. The van der Waals surface area contributed by atoms with Crippen LogP contribution in [-0.2, 0) is 6.54 Å². The van der Waals surface area contributed by atoms with E-state index >= 15 is 0 Å². The molecule has 1 fully saturated rings. The summed E-state index contributed by atoms with van der Waals surface area (Å²) in [6.45, 7) is 2.89. The van der Waals surface area contributed by atoms with Crippen LogP contribution in [0.2, 0.25) is 0 Å². The van der Waals surface area contributed by atoms with Crippen molar-refractivity contribution in [3.05, 3.63) is 35.6 Å². The number of likely N-dealkylation sites (N-methyl/N-ethyl adjacent to an activating group) is 1. The molecule has 0 saturated carbocycles. The van der Waals surface area contributed by atoms with Gasteiger partial charge >= 0.3 is 0 Å². The minimum atomic E-state index is -0.616. The van der Waals surface area contributed by atoms with Gasteiger partial charge in [-0.3, -0.25) is 4.90 Å². The zero-order valence-corrected chi connectivity index (χ0v) is 10.1. The summed E-state index contributed by atoms with van der Waals surface area (Å²) in [7, 11) is 1.97. The Morgan fingerprint density at radius 2 is 2.12 bits per heavy atom. The van der Waals surface area contributed by atoms with Gasteiger partial charge in [0.25, 0.3) is 0 Å². The standard InChI is InChI=1S/C13H19FN2O/c1-16(10-13(17)6-7-15-9-13)8-11-2-4-12(14)5-3-11/h2-5,15,17H,6-10H2,1H3/t13-/m1/s1. The molecule has 4 heteroatoms. The predicted octanol–water partition coefficient (Wildman–Crippen LogP) is 0.982. The number of aliphatic hydroxyl groups is 1. The van der Waals surface area contributed by atoms with Crippen molar-refractivity contribution in [3.8, 4) is 0 Å². The summed E-state index contributed by atoms with van der Waals surface area (Å²) >= 11 is 0. The lowest BCUT2D eigenvalue weighted by molar-refractivity contribution is 0.0264. The van der Waals surface area contributed by atoms with E-state index in [-0.39, 0.29) is 5.82 Å². The van der Waals surface area contributed by atoms with E-state index in [0.717, 1.165) is 25.1 Å². The quantitative estimate of drug-likeness (QED) is 0.821. The fourth-order valence-corrected chi connectivity index (χ4v) is 2.33. The molecule has 94 valence electrons. The van der Waals surface area contributed by atoms with Gasteiger partial charge in [-0.1, -0.05) is 12.1 Å². The molecule has 3 nitrogen and oxygen atoms in total. The number of nitrogens with one attached hydrogen (secondary N) is 1. The van der Waals surface area contributed by atoms with Crippen molar-refractivity contribution in [2.45, 2.75) is 18.6 Å². The van der Waals surface area contributed by atoms with E-state index in [4.69, 9.17) is 0 Å². The van der Waals surface area contributed by atoms with Crippen molar-refractivity contribution >= 4 is 0 Å². The van der Waals surface area contributed by atoms with Crippen LogP contribution in [0.4, 0.5) is 4.39 Å². The lowest BCUT2D eigenvalue weighted by Gasteiger charge is -2.28. The van der Waals surface area contributed by atoms with Gasteiger partial charge in [0.15, 0.2) is 0 Å². The molecule has 0 radical (unpaired) electrons. The molecule has 1 aromatic carbocycles. The summed E-state index contributed by atoms with van der Waals surface area (Å²) in [5.41, 5.74) is 0.442. The highest BCUT2D eigenvalue weighted by atomic mass is 19.1. The Kier molecular flexibility index (Phi) is 3.76. The SMILES string of the molecule is CN(Cc1ccc(F)cc1)C[C@@]1(O)CCNC1. The first-order valence-electron chi connectivity index (χ1n) is 5.93. The van der Waals surface area contributed by atoms with Gasteiger partial charge < -0.3 is 10.4 Å². The Hall–Kier alpha value is -0.970. The Bertz CT molecular complexity index is 360. The van der Waals surface area contributed by atoms with Crippen molar-refractivity contribution in [3.63, 3.8) is 0 Å². The van der Waals surface area contributed by atoms with E-state index in [1.54, 1.807) is 12.1 Å². The average molecular weight is 238 g/mol. The molecule has 0 amide bonds. The van der Waals surface area contributed by atoms with Crippen molar-refractivity contribution in [1.29, 1.82) is 0 Å². The maximum atomic E-state index is 12.8. The van der Waals surface area contributed by atoms with Crippen LogP contribution >= 0.6 is 0 Å². The minimum Gasteiger partial charge on any atom is -0.387 e. The molecular formula is C13H19FN2O. The van der Waals surface area contributed by atoms with Crippen LogP contribution in [0, 0.1) is 5.82 Å². The molecule has 2 rings (SSSR count). The Balaban J connectivity index is 1.88. The third-order valence-electron chi connectivity index (χ3n) is 3.15. The van der Waals surface area contributed by atoms with E-state index in [1.165, 1.54) is 12.1 Å². The molecule has 1 saturated heterocycles. The number of β-amino-alcohol motifs (C(OH)–C–C–N with tert-alkyl or cyclic N) is 1. The maximum absolute atomic E-state index is 12.8. The molecule has 1 heterocycles. The molecule has 17 heavy (non-hydrogen) atoms. The molecule has 0 spiro atoms. The van der Waals surface area contributed by atoms with Crippen LogP contribution < -0.4 is 5.32 Å². The Morgan fingerprint density at radius 3 is 2.71 bits per heavy atom. The highest BCUT2D eigenvalue weighted by molar-refractivity contribution is 5.15. The molecule has 0 bridgehead atoms. The van der Waals surface area contributed by atoms with Crippen LogP contribution in [0.5, 0.6) is 0 Å². The normalized spacial score (nSPS) is 24.5. The van der Waals surface area contributed by atoms with E-state index in [0.29, 0.717) is 13.1 Å². The van der Waals surface area contributed by atoms with E-state index in [1.807, 2.05) is 7.05 Å². The lowest BCUT2D eigenvalue weighted by atomic mass is 10.0. The third kappa shape index (κ3) is 3.49. The molecule has 0 aromatic heterocycles. The molecule has 1 aliphatic rings. The number of hydrogen-bond acceptors (Lipinski definition) is 3. The van der Waals surface area contributed by atoms with Crippen molar-refractivity contribution in [2.24, 2.45) is 0 Å². The molecule has 0 unspecified atom stereocenters. The molecule has 0 aliphatic carbocycles. The summed E-state index contributed by atoms with van der Waals surface area (Å²) in [6.07, 6.45) is 0.792. The monoisotopic (exact) mass is 238 g/mol. The largest absolute Gasteiger partial charge is 0.387 e. The molecular weight excluding hydrogens is 219 g/mol. The Labute approximate surface area is 101 Å². The van der Waals surface area contributed by atoms with Crippen LogP contribution in [0.1, 0.15) is 12.0 Å². The first kappa shape index (κ1) is 12.5. The van der Waals surface area contributed by atoms with Crippen LogP contribution in [-0.4, -0.2) is 42.3 Å². The fraction of sp³-hybridized carbons (Fsp3) is 0.538. The van der Waals surface area contributed by atoms with Gasteiger partial charge in [0, 0.05) is 19.6 Å². The zero-order valence-electron chi connectivity index (χ0n) is 10.1. The smallest absolute Gasteiger partial charge is 0.123 e. The van der Waals surface area contributed by atoms with Crippen molar-refractivity contribution in [2.75, 3.05) is 26.7 Å². The van der Waals surface area contributed by atoms with Crippen LogP contribution in [0.15, 0.2) is 24.3 Å². The van der Waals surface area contributed by atoms with E-state index in [9.17, 15) is 9.50 Å².